The van der Waals surface area contributed by atoms with E-state index in [0.717, 1.165) is 5.39 Å². The largest absolute Gasteiger partial charge is 0.466 e. The quantitative estimate of drug-likeness (QED) is 0.279. The Bertz CT molecular complexity index is 1710. The summed E-state index contributed by atoms with van der Waals surface area (Å²) in [6, 6.07) is 26.0. The Hall–Kier alpha value is -5.62. The molecule has 3 aromatic carbocycles. The maximum absolute atomic E-state index is 13.2. The number of nitrogens with two attached hydrogens (primary N) is 1. The normalized spacial score (nSPS) is 15.1. The first kappa shape index (κ1) is 26.0. The van der Waals surface area contributed by atoms with Gasteiger partial charge < -0.3 is 19.6 Å². The van der Waals surface area contributed by atoms with Crippen molar-refractivity contribution in [3.8, 4) is 6.07 Å². The topological polar surface area (TPSA) is 136 Å². The molecular formula is C31H23N3O6. The standard InChI is InChI=1S/C31H23N3O6/c1-38-30(36)26-25(18-8-4-3-5-9-18)22(17-32)29(33)34(27(26)31(37)39-2)21-14-12-19(13-15-21)28(35)24-16-20-10-6-7-11-23(20)40-24/h3-16,25H,33H2,1-2H3. The highest BCUT2D eigenvalue weighted by Gasteiger charge is 2.43. The summed E-state index contributed by atoms with van der Waals surface area (Å²) in [5.74, 6) is -2.89. The number of hydrogen-bond donors (Lipinski definition) is 1. The predicted octanol–water partition coefficient (Wildman–Crippen LogP) is 4.56. The number of ether oxygens (including phenoxy) is 2. The number of hydrogen-bond acceptors (Lipinski definition) is 9. The summed E-state index contributed by atoms with van der Waals surface area (Å²) in [6.45, 7) is 0. The maximum Gasteiger partial charge on any atom is 0.355 e. The zero-order valence-electron chi connectivity index (χ0n) is 21.6. The second-order valence-corrected chi connectivity index (χ2v) is 8.86. The van der Waals surface area contributed by atoms with Crippen molar-refractivity contribution in [2.45, 2.75) is 5.92 Å². The van der Waals surface area contributed by atoms with Crippen LogP contribution in [0, 0.1) is 11.3 Å². The van der Waals surface area contributed by atoms with Crippen LogP contribution in [0.4, 0.5) is 5.69 Å². The molecule has 1 aliphatic rings. The third kappa shape index (κ3) is 4.37. The number of rotatable bonds is 6. The van der Waals surface area contributed by atoms with E-state index in [0.29, 0.717) is 22.4 Å². The van der Waals surface area contributed by atoms with Crippen molar-refractivity contribution in [3.05, 3.63) is 124 Å². The molecule has 0 saturated carbocycles. The van der Waals surface area contributed by atoms with Gasteiger partial charge in [0.2, 0.25) is 5.78 Å². The van der Waals surface area contributed by atoms with Crippen LogP contribution < -0.4 is 10.6 Å². The van der Waals surface area contributed by atoms with Gasteiger partial charge in [0.25, 0.3) is 0 Å². The second kappa shape index (κ2) is 10.6. The van der Waals surface area contributed by atoms with Gasteiger partial charge in [-0.2, -0.15) is 5.26 Å². The Morgan fingerprint density at radius 3 is 2.17 bits per heavy atom. The summed E-state index contributed by atoms with van der Waals surface area (Å²) in [4.78, 5) is 40.8. The SMILES string of the molecule is COC(=O)C1=C(C(=O)OC)N(c2ccc(C(=O)c3cc4ccccc4o3)cc2)C(N)=C(C#N)C1c1ccccc1. The van der Waals surface area contributed by atoms with Crippen molar-refractivity contribution >= 4 is 34.4 Å². The number of nitriles is 1. The molecule has 1 atom stereocenters. The lowest BCUT2D eigenvalue weighted by molar-refractivity contribution is -0.139. The molecule has 2 N–H and O–H groups in total. The predicted molar refractivity (Wildman–Crippen MR) is 146 cm³/mol. The van der Waals surface area contributed by atoms with Crippen molar-refractivity contribution in [2.24, 2.45) is 5.73 Å². The number of ketones is 1. The molecule has 0 amide bonds. The number of methoxy groups -OCH3 is 2. The fraction of sp³-hybridized carbons (Fsp3) is 0.0968. The van der Waals surface area contributed by atoms with Crippen molar-refractivity contribution in [2.75, 3.05) is 19.1 Å². The van der Waals surface area contributed by atoms with E-state index in [9.17, 15) is 19.6 Å². The lowest BCUT2D eigenvalue weighted by atomic mass is 9.81. The molecule has 0 saturated heterocycles. The number of furan rings is 1. The first-order valence-corrected chi connectivity index (χ1v) is 12.2. The number of esters is 2. The van der Waals surface area contributed by atoms with E-state index in [1.54, 1.807) is 66.7 Å². The molecule has 5 rings (SSSR count). The summed E-state index contributed by atoms with van der Waals surface area (Å²) < 4.78 is 15.8. The number of carbonyl (C=O) groups excluding carboxylic acids is 3. The van der Waals surface area contributed by atoms with Crippen LogP contribution >= 0.6 is 0 Å². The molecule has 4 aromatic rings. The van der Waals surface area contributed by atoms with Gasteiger partial charge in [0.15, 0.2) is 5.76 Å². The number of benzene rings is 3. The molecule has 198 valence electrons. The van der Waals surface area contributed by atoms with Gasteiger partial charge in [0.1, 0.15) is 17.1 Å². The number of para-hydroxylation sites is 1. The first-order chi connectivity index (χ1) is 19.4. The van der Waals surface area contributed by atoms with Gasteiger partial charge in [0.05, 0.1) is 37.4 Å². The number of nitrogens with zero attached hydrogens (tertiary/aromatic N) is 2. The molecule has 0 bridgehead atoms. The molecule has 0 fully saturated rings. The molecule has 0 radical (unpaired) electrons. The Kier molecular flexibility index (Phi) is 6.91. The molecule has 1 aromatic heterocycles. The van der Waals surface area contributed by atoms with Crippen LogP contribution in [0.15, 0.2) is 112 Å². The summed E-state index contributed by atoms with van der Waals surface area (Å²) in [6.07, 6.45) is 0. The van der Waals surface area contributed by atoms with Crippen LogP contribution in [-0.4, -0.2) is 31.9 Å². The minimum Gasteiger partial charge on any atom is -0.466 e. The molecule has 1 aliphatic heterocycles. The lowest BCUT2D eigenvalue weighted by Crippen LogP contribution is -2.40. The van der Waals surface area contributed by atoms with Crippen molar-refractivity contribution in [1.82, 2.24) is 0 Å². The molecule has 40 heavy (non-hydrogen) atoms. The lowest BCUT2D eigenvalue weighted by Gasteiger charge is -2.35. The van der Waals surface area contributed by atoms with Gasteiger partial charge >= 0.3 is 11.9 Å². The monoisotopic (exact) mass is 533 g/mol. The molecule has 0 spiro atoms. The summed E-state index contributed by atoms with van der Waals surface area (Å²) in [5, 5.41) is 11.0. The second-order valence-electron chi connectivity index (χ2n) is 8.86. The van der Waals surface area contributed by atoms with Gasteiger partial charge in [-0.3, -0.25) is 9.69 Å². The number of allylic oxidation sites excluding steroid dienone is 1. The summed E-state index contributed by atoms with van der Waals surface area (Å²) >= 11 is 0. The van der Waals surface area contributed by atoms with E-state index >= 15 is 0 Å². The van der Waals surface area contributed by atoms with Crippen LogP contribution in [0.3, 0.4) is 0 Å². The van der Waals surface area contributed by atoms with Crippen LogP contribution in [0.2, 0.25) is 0 Å². The first-order valence-electron chi connectivity index (χ1n) is 12.2. The van der Waals surface area contributed by atoms with Crippen LogP contribution in [-0.2, 0) is 19.1 Å². The Morgan fingerprint density at radius 2 is 1.55 bits per heavy atom. The summed E-state index contributed by atoms with van der Waals surface area (Å²) in [5.41, 5.74) is 8.06. The summed E-state index contributed by atoms with van der Waals surface area (Å²) in [7, 11) is 2.36. The molecule has 2 heterocycles. The molecule has 1 unspecified atom stereocenters. The Morgan fingerprint density at radius 1 is 0.900 bits per heavy atom. The highest BCUT2D eigenvalue weighted by molar-refractivity contribution is 6.09. The smallest absolute Gasteiger partial charge is 0.355 e. The number of anilines is 1. The van der Waals surface area contributed by atoms with Crippen molar-refractivity contribution in [1.29, 1.82) is 5.26 Å². The molecular weight excluding hydrogens is 510 g/mol. The van der Waals surface area contributed by atoms with E-state index in [1.165, 1.54) is 19.1 Å². The maximum atomic E-state index is 13.2. The Balaban J connectivity index is 1.63. The van der Waals surface area contributed by atoms with Crippen molar-refractivity contribution < 1.29 is 28.3 Å². The molecule has 9 nitrogen and oxygen atoms in total. The van der Waals surface area contributed by atoms with E-state index < -0.39 is 17.9 Å². The minimum absolute atomic E-state index is 0.0432. The van der Waals surface area contributed by atoms with Gasteiger partial charge in [-0.1, -0.05) is 48.5 Å². The third-order valence-corrected chi connectivity index (χ3v) is 6.65. The van der Waals surface area contributed by atoms with Crippen LogP contribution in [0.1, 0.15) is 27.6 Å². The van der Waals surface area contributed by atoms with Gasteiger partial charge in [-0.15, -0.1) is 0 Å². The van der Waals surface area contributed by atoms with Crippen LogP contribution in [0.5, 0.6) is 0 Å². The molecule has 9 heteroatoms. The molecule has 0 aliphatic carbocycles. The fourth-order valence-electron chi connectivity index (χ4n) is 4.78. The zero-order chi connectivity index (χ0) is 28.4. The highest BCUT2D eigenvalue weighted by atomic mass is 16.5. The zero-order valence-corrected chi connectivity index (χ0v) is 21.6. The van der Waals surface area contributed by atoms with E-state index in [4.69, 9.17) is 19.6 Å². The van der Waals surface area contributed by atoms with E-state index in [-0.39, 0.29) is 34.2 Å². The fourth-order valence-corrected chi connectivity index (χ4v) is 4.78. The van der Waals surface area contributed by atoms with Gasteiger partial charge in [-0.05, 0) is 42.0 Å². The highest BCUT2D eigenvalue weighted by Crippen LogP contribution is 2.43. The third-order valence-electron chi connectivity index (χ3n) is 6.65. The van der Waals surface area contributed by atoms with Crippen molar-refractivity contribution in [3.63, 3.8) is 0 Å². The average Bonchev–Trinajstić information content (AvgIpc) is 3.44. The number of carbonyl (C=O) groups is 3. The Labute approximate surface area is 229 Å². The van der Waals surface area contributed by atoms with E-state index in [1.807, 2.05) is 18.2 Å². The van der Waals surface area contributed by atoms with Crippen LogP contribution in [0.25, 0.3) is 11.0 Å². The average molecular weight is 534 g/mol. The van der Waals surface area contributed by atoms with Gasteiger partial charge in [0, 0.05) is 16.6 Å². The number of fused-ring (bicyclic) bond motifs is 1. The minimum atomic E-state index is -0.974. The van der Waals surface area contributed by atoms with E-state index in [2.05, 4.69) is 6.07 Å². The van der Waals surface area contributed by atoms with Gasteiger partial charge in [-0.25, -0.2) is 9.59 Å².